The first-order valence-corrected chi connectivity index (χ1v) is 18.6. The predicted octanol–water partition coefficient (Wildman–Crippen LogP) is 8.91. The van der Waals surface area contributed by atoms with Crippen LogP contribution in [0.25, 0.3) is 21.7 Å². The maximum Gasteiger partial charge on any atom is 0.168 e. The van der Waals surface area contributed by atoms with Gasteiger partial charge in [0.15, 0.2) is 5.65 Å². The Balaban J connectivity index is 0.00000172. The van der Waals surface area contributed by atoms with Crippen LogP contribution in [0, 0.1) is 34.6 Å². The number of hydrogen-bond acceptors (Lipinski definition) is 9. The van der Waals surface area contributed by atoms with E-state index in [0.29, 0.717) is 18.0 Å². The molecule has 0 spiro atoms. The Morgan fingerprint density at radius 3 is 2.28 bits per heavy atom. The smallest absolute Gasteiger partial charge is 0.168 e. The van der Waals surface area contributed by atoms with E-state index in [0.717, 1.165) is 60.9 Å². The highest BCUT2D eigenvalue weighted by molar-refractivity contribution is 14.2. The third kappa shape index (κ3) is 6.37. The van der Waals surface area contributed by atoms with Crippen molar-refractivity contribution in [1.29, 1.82) is 0 Å². The lowest BCUT2D eigenvalue weighted by atomic mass is 10.2. The molecule has 1 atom stereocenters. The standard InChI is InChI=1S/C25H26IN8PS2.C2H6/c1-12-13(2)28-22(11-27-12)32-21-10-19(23-24(33-21)34(35-26)16(5)30-23)31-18-8-7-17(9-20(18)36-6)25-29-14(3)15(4)37-25;1-2/h7-11,35H,1-6H3,(H2,28,31,32,33);1-2H3. The van der Waals surface area contributed by atoms with Crippen LogP contribution < -0.4 is 10.6 Å². The number of halogens is 1. The van der Waals surface area contributed by atoms with Crippen LogP contribution >= 0.6 is 51.5 Å². The average Bonchev–Trinajstić information content (AvgIpc) is 3.44. The summed E-state index contributed by atoms with van der Waals surface area (Å²) >= 11 is 5.80. The van der Waals surface area contributed by atoms with Crippen molar-refractivity contribution in [2.24, 2.45) is 0 Å². The first-order valence-electron chi connectivity index (χ1n) is 12.5. The molecule has 5 aromatic rings. The van der Waals surface area contributed by atoms with Gasteiger partial charge in [0.2, 0.25) is 0 Å². The van der Waals surface area contributed by atoms with E-state index in [1.54, 1.807) is 29.3 Å². The molecule has 0 aliphatic heterocycles. The van der Waals surface area contributed by atoms with Gasteiger partial charge in [-0.15, -0.1) is 23.1 Å². The van der Waals surface area contributed by atoms with Crippen LogP contribution in [0.2, 0.25) is 0 Å². The fraction of sp³-hybridized carbons (Fsp3) is 0.296. The second-order valence-electron chi connectivity index (χ2n) is 8.56. The first-order chi connectivity index (χ1) is 18.8. The number of benzene rings is 1. The number of pyridine rings is 1. The summed E-state index contributed by atoms with van der Waals surface area (Å²) in [5, 5.41) is 8.03. The number of aromatic nitrogens is 6. The van der Waals surface area contributed by atoms with Crippen molar-refractivity contribution >= 4 is 85.7 Å². The van der Waals surface area contributed by atoms with Crippen molar-refractivity contribution in [1.82, 2.24) is 29.3 Å². The van der Waals surface area contributed by atoms with Crippen LogP contribution in [-0.2, 0) is 0 Å². The zero-order valence-electron chi connectivity index (χ0n) is 23.3. The summed E-state index contributed by atoms with van der Waals surface area (Å²) in [6.45, 7) is 14.1. The molecule has 0 aliphatic carbocycles. The summed E-state index contributed by atoms with van der Waals surface area (Å²) in [7, 11) is 0. The molecule has 1 aromatic carbocycles. The number of thioether (sulfide) groups is 1. The van der Waals surface area contributed by atoms with E-state index in [2.05, 4.69) is 85.3 Å². The zero-order chi connectivity index (χ0) is 28.3. The van der Waals surface area contributed by atoms with E-state index in [4.69, 9.17) is 15.0 Å². The predicted molar refractivity (Wildman–Crippen MR) is 178 cm³/mol. The maximum absolute atomic E-state index is 4.90. The Morgan fingerprint density at radius 1 is 0.872 bits per heavy atom. The highest BCUT2D eigenvalue weighted by Gasteiger charge is 2.17. The summed E-state index contributed by atoms with van der Waals surface area (Å²) in [5.74, 6) is 2.26. The van der Waals surface area contributed by atoms with Gasteiger partial charge in [0.1, 0.15) is 28.0 Å². The van der Waals surface area contributed by atoms with Crippen molar-refractivity contribution in [2.75, 3.05) is 16.9 Å². The quantitative estimate of drug-likeness (QED) is 0.0994. The fourth-order valence-corrected chi connectivity index (χ4v) is 7.45. The van der Waals surface area contributed by atoms with Gasteiger partial charge in [0.05, 0.1) is 41.0 Å². The van der Waals surface area contributed by atoms with Crippen LogP contribution in [0.4, 0.5) is 23.0 Å². The molecule has 12 heteroatoms. The number of rotatable bonds is 7. The Bertz CT molecular complexity index is 1610. The fourth-order valence-electron chi connectivity index (χ4n) is 3.82. The van der Waals surface area contributed by atoms with E-state index < -0.39 is 0 Å². The maximum atomic E-state index is 4.90. The molecule has 4 aromatic heterocycles. The highest BCUT2D eigenvalue weighted by atomic mass is 127. The molecule has 1 unspecified atom stereocenters. The Labute approximate surface area is 252 Å². The van der Waals surface area contributed by atoms with Gasteiger partial charge in [0, 0.05) is 21.4 Å². The van der Waals surface area contributed by atoms with Crippen LogP contribution in [0.3, 0.4) is 0 Å². The first kappa shape index (κ1) is 29.6. The molecule has 0 fully saturated rings. The summed E-state index contributed by atoms with van der Waals surface area (Å²) < 4.78 is 2.13. The minimum atomic E-state index is 0.481. The molecule has 0 aliphatic rings. The van der Waals surface area contributed by atoms with Crippen LogP contribution in [-0.4, -0.2) is 35.5 Å². The van der Waals surface area contributed by atoms with Gasteiger partial charge in [-0.2, -0.15) is 0 Å². The van der Waals surface area contributed by atoms with Crippen LogP contribution in [0.15, 0.2) is 35.4 Å². The number of nitrogens with zero attached hydrogens (tertiary/aromatic N) is 6. The van der Waals surface area contributed by atoms with Crippen LogP contribution in [0.1, 0.15) is 41.6 Å². The van der Waals surface area contributed by atoms with E-state index >= 15 is 0 Å². The molecule has 0 saturated carbocycles. The Morgan fingerprint density at radius 2 is 1.64 bits per heavy atom. The molecule has 0 amide bonds. The summed E-state index contributed by atoms with van der Waals surface area (Å²) in [5.41, 5.74) is 7.55. The van der Waals surface area contributed by atoms with Crippen molar-refractivity contribution in [3.05, 3.63) is 58.2 Å². The number of nitrogens with one attached hydrogen (secondary N) is 2. The Kier molecular flexibility index (Phi) is 9.79. The largest absolute Gasteiger partial charge is 0.353 e. The molecule has 204 valence electrons. The van der Waals surface area contributed by atoms with Gasteiger partial charge in [-0.3, -0.25) is 9.32 Å². The lowest BCUT2D eigenvalue weighted by Crippen LogP contribution is -2.02. The van der Waals surface area contributed by atoms with E-state index in [1.165, 1.54) is 4.88 Å². The van der Waals surface area contributed by atoms with E-state index in [-0.39, 0.29) is 0 Å². The molecular weight excluding hydrogens is 658 g/mol. The monoisotopic (exact) mass is 690 g/mol. The zero-order valence-corrected chi connectivity index (χ0v) is 28.1. The number of aryl methyl sites for hydroxylation is 5. The van der Waals surface area contributed by atoms with Gasteiger partial charge >= 0.3 is 0 Å². The number of imidazole rings is 1. The van der Waals surface area contributed by atoms with Crippen molar-refractivity contribution in [3.8, 4) is 10.6 Å². The third-order valence-corrected chi connectivity index (χ3v) is 10.1. The van der Waals surface area contributed by atoms with Gasteiger partial charge in [-0.25, -0.2) is 19.9 Å². The molecule has 5 rings (SSSR count). The molecule has 8 nitrogen and oxygen atoms in total. The normalized spacial score (nSPS) is 11.2. The summed E-state index contributed by atoms with van der Waals surface area (Å²) in [6.07, 6.45) is 4.30. The average molecular weight is 691 g/mol. The van der Waals surface area contributed by atoms with Gasteiger partial charge in [-0.05, 0) is 81.1 Å². The number of anilines is 4. The summed E-state index contributed by atoms with van der Waals surface area (Å²) in [6, 6.07) is 8.42. The van der Waals surface area contributed by atoms with Gasteiger partial charge < -0.3 is 10.6 Å². The van der Waals surface area contributed by atoms with Gasteiger partial charge in [0.25, 0.3) is 0 Å². The lowest BCUT2D eigenvalue weighted by molar-refractivity contribution is 1.05. The molecule has 2 N–H and O–H groups in total. The lowest BCUT2D eigenvalue weighted by Gasteiger charge is -2.14. The van der Waals surface area contributed by atoms with Crippen molar-refractivity contribution < 1.29 is 0 Å². The molecule has 4 heterocycles. The van der Waals surface area contributed by atoms with Crippen LogP contribution in [0.5, 0.6) is 0 Å². The SMILES string of the molecule is CC.CSc1cc(-c2nc(C)c(C)s2)ccc1Nc1cc(Nc2cnc(C)c(C)n2)nc2c1nc(C)n2PI. The minimum Gasteiger partial charge on any atom is -0.353 e. The molecule has 0 bridgehead atoms. The Hall–Kier alpha value is -2.34. The second kappa shape index (κ2) is 12.9. The number of hydrogen-bond donors (Lipinski definition) is 2. The van der Waals surface area contributed by atoms with E-state index in [1.807, 2.05) is 40.7 Å². The van der Waals surface area contributed by atoms with Crippen molar-refractivity contribution in [2.45, 2.75) is 53.4 Å². The number of thiazole rings is 1. The summed E-state index contributed by atoms with van der Waals surface area (Å²) in [4.78, 5) is 25.9. The van der Waals surface area contributed by atoms with Crippen molar-refractivity contribution in [3.63, 3.8) is 0 Å². The van der Waals surface area contributed by atoms with Gasteiger partial charge in [-0.1, -0.05) is 13.8 Å². The minimum absolute atomic E-state index is 0.481. The molecule has 39 heavy (non-hydrogen) atoms. The topological polar surface area (TPSA) is 93.4 Å². The number of fused-ring (bicyclic) bond motifs is 1. The molecular formula is C27H32IN8PS2. The third-order valence-electron chi connectivity index (χ3n) is 6.06. The second-order valence-corrected chi connectivity index (χ2v) is 12.7. The molecule has 0 saturated heterocycles. The molecule has 0 radical (unpaired) electrons. The highest BCUT2D eigenvalue weighted by Crippen LogP contribution is 2.39. The van der Waals surface area contributed by atoms with E-state index in [9.17, 15) is 0 Å².